The summed E-state index contributed by atoms with van der Waals surface area (Å²) in [5, 5.41) is 0. The van der Waals surface area contributed by atoms with Crippen LogP contribution in [-0.4, -0.2) is 7.11 Å². The largest absolute Gasteiger partial charge is 0.496 e. The van der Waals surface area contributed by atoms with E-state index in [0.29, 0.717) is 0 Å². The molecule has 2 aromatic carbocycles. The van der Waals surface area contributed by atoms with Gasteiger partial charge in [0.15, 0.2) is 0 Å². The molecule has 1 atom stereocenters. The first-order valence-electron chi connectivity index (χ1n) is 6.49. The molecule has 0 spiro atoms. The lowest BCUT2D eigenvalue weighted by atomic mass is 9.96. The Bertz CT molecular complexity index is 586. The molecule has 0 fully saturated rings. The molecule has 0 saturated heterocycles. The van der Waals surface area contributed by atoms with Gasteiger partial charge < -0.3 is 4.74 Å². The lowest BCUT2D eigenvalue weighted by Crippen LogP contribution is -2.29. The van der Waals surface area contributed by atoms with Crippen LogP contribution in [0.15, 0.2) is 46.9 Å². The minimum atomic E-state index is 0.0679. The molecule has 4 heteroatoms. The summed E-state index contributed by atoms with van der Waals surface area (Å²) in [5.74, 6) is 6.55. The first-order valence-corrected chi connectivity index (χ1v) is 7.29. The van der Waals surface area contributed by atoms with E-state index >= 15 is 0 Å². The summed E-state index contributed by atoms with van der Waals surface area (Å²) < 4.78 is 6.19. The highest BCUT2D eigenvalue weighted by molar-refractivity contribution is 9.10. The lowest BCUT2D eigenvalue weighted by Gasteiger charge is -2.18. The highest BCUT2D eigenvalue weighted by Gasteiger charge is 2.13. The molecule has 0 aromatic heterocycles. The summed E-state index contributed by atoms with van der Waals surface area (Å²) in [6.07, 6.45) is 0.849. The normalized spacial score (nSPS) is 12.2. The minimum absolute atomic E-state index is 0.0679. The van der Waals surface area contributed by atoms with Gasteiger partial charge in [0, 0.05) is 0 Å². The molecular formula is C16H19BrN2O. The Balaban J connectivity index is 2.24. The summed E-state index contributed by atoms with van der Waals surface area (Å²) in [6, 6.07) is 14.5. The van der Waals surface area contributed by atoms with Gasteiger partial charge in [-0.1, -0.05) is 30.3 Å². The zero-order chi connectivity index (χ0) is 14.5. The van der Waals surface area contributed by atoms with Gasteiger partial charge in [-0.05, 0) is 58.1 Å². The molecule has 0 amide bonds. The average molecular weight is 335 g/mol. The summed E-state index contributed by atoms with van der Waals surface area (Å²) in [7, 11) is 1.66. The van der Waals surface area contributed by atoms with E-state index in [1.807, 2.05) is 24.3 Å². The highest BCUT2D eigenvalue weighted by atomic mass is 79.9. The van der Waals surface area contributed by atoms with Crippen molar-refractivity contribution in [3.63, 3.8) is 0 Å². The smallest absolute Gasteiger partial charge is 0.133 e. The van der Waals surface area contributed by atoms with Crippen LogP contribution in [0.4, 0.5) is 0 Å². The predicted molar refractivity (Wildman–Crippen MR) is 85.6 cm³/mol. The zero-order valence-electron chi connectivity index (χ0n) is 11.7. The molecule has 0 heterocycles. The van der Waals surface area contributed by atoms with E-state index < -0.39 is 0 Å². The fourth-order valence-corrected chi connectivity index (χ4v) is 2.79. The van der Waals surface area contributed by atoms with Gasteiger partial charge in [-0.25, -0.2) is 0 Å². The molecule has 2 rings (SSSR count). The van der Waals surface area contributed by atoms with E-state index in [1.54, 1.807) is 7.11 Å². The number of rotatable bonds is 5. The number of halogens is 1. The number of methoxy groups -OCH3 is 1. The van der Waals surface area contributed by atoms with Crippen molar-refractivity contribution < 1.29 is 4.74 Å². The monoisotopic (exact) mass is 334 g/mol. The van der Waals surface area contributed by atoms with Crippen LogP contribution < -0.4 is 16.0 Å². The molecule has 0 aliphatic heterocycles. The number of hydrogen-bond donors (Lipinski definition) is 2. The van der Waals surface area contributed by atoms with Crippen molar-refractivity contribution in [2.24, 2.45) is 5.84 Å². The molecule has 0 bridgehead atoms. The van der Waals surface area contributed by atoms with Crippen molar-refractivity contribution in [3.8, 4) is 5.75 Å². The number of nitrogens with two attached hydrogens (primary N) is 1. The minimum Gasteiger partial charge on any atom is -0.496 e. The van der Waals surface area contributed by atoms with Crippen LogP contribution in [0.2, 0.25) is 0 Å². The standard InChI is InChI=1S/C16H19BrN2O/c1-11-5-3-4-6-12(11)10-15(19-18)13-7-8-16(20-2)14(17)9-13/h3-9,15,19H,10,18H2,1-2H3. The fourth-order valence-electron chi connectivity index (χ4n) is 2.23. The number of aryl methyl sites for hydroxylation is 1. The SMILES string of the molecule is COc1ccc(C(Cc2ccccc2C)NN)cc1Br. The van der Waals surface area contributed by atoms with Gasteiger partial charge in [-0.2, -0.15) is 0 Å². The second-order valence-electron chi connectivity index (χ2n) is 4.74. The van der Waals surface area contributed by atoms with Gasteiger partial charge in [-0.3, -0.25) is 11.3 Å². The molecule has 0 radical (unpaired) electrons. The molecule has 20 heavy (non-hydrogen) atoms. The van der Waals surface area contributed by atoms with E-state index in [4.69, 9.17) is 10.6 Å². The van der Waals surface area contributed by atoms with Crippen molar-refractivity contribution in [2.75, 3.05) is 7.11 Å². The van der Waals surface area contributed by atoms with Gasteiger partial charge in [0.25, 0.3) is 0 Å². The Morgan fingerprint density at radius 1 is 1.25 bits per heavy atom. The maximum Gasteiger partial charge on any atom is 0.133 e. The van der Waals surface area contributed by atoms with Crippen LogP contribution >= 0.6 is 15.9 Å². The topological polar surface area (TPSA) is 47.3 Å². The molecule has 1 unspecified atom stereocenters. The third kappa shape index (κ3) is 3.39. The van der Waals surface area contributed by atoms with Crippen LogP contribution in [0.5, 0.6) is 5.75 Å². The van der Waals surface area contributed by atoms with Crippen molar-refractivity contribution in [1.29, 1.82) is 0 Å². The lowest BCUT2D eigenvalue weighted by molar-refractivity contribution is 0.411. The second-order valence-corrected chi connectivity index (χ2v) is 5.60. The molecule has 0 aliphatic rings. The van der Waals surface area contributed by atoms with Gasteiger partial charge in [0.2, 0.25) is 0 Å². The average Bonchev–Trinajstić information content (AvgIpc) is 2.46. The maximum atomic E-state index is 5.73. The predicted octanol–water partition coefficient (Wildman–Crippen LogP) is 3.51. The zero-order valence-corrected chi connectivity index (χ0v) is 13.3. The third-order valence-electron chi connectivity index (χ3n) is 3.46. The summed E-state index contributed by atoms with van der Waals surface area (Å²) in [4.78, 5) is 0. The Kier molecular flexibility index (Phi) is 5.17. The van der Waals surface area contributed by atoms with E-state index in [0.717, 1.165) is 22.2 Å². The number of hydrogen-bond acceptors (Lipinski definition) is 3. The van der Waals surface area contributed by atoms with E-state index in [2.05, 4.69) is 46.5 Å². The van der Waals surface area contributed by atoms with Crippen molar-refractivity contribution in [3.05, 3.63) is 63.6 Å². The van der Waals surface area contributed by atoms with Gasteiger partial charge in [0.05, 0.1) is 17.6 Å². The Morgan fingerprint density at radius 3 is 2.60 bits per heavy atom. The molecule has 106 valence electrons. The molecule has 2 aromatic rings. The molecule has 3 nitrogen and oxygen atoms in total. The quantitative estimate of drug-likeness (QED) is 0.649. The Labute approximate surface area is 128 Å². The van der Waals surface area contributed by atoms with Crippen molar-refractivity contribution >= 4 is 15.9 Å². The molecular weight excluding hydrogens is 316 g/mol. The van der Waals surface area contributed by atoms with Crippen LogP contribution in [0.3, 0.4) is 0 Å². The van der Waals surface area contributed by atoms with Crippen molar-refractivity contribution in [2.45, 2.75) is 19.4 Å². The second kappa shape index (κ2) is 6.88. The maximum absolute atomic E-state index is 5.73. The number of nitrogens with one attached hydrogen (secondary N) is 1. The van der Waals surface area contributed by atoms with E-state index in [-0.39, 0.29) is 6.04 Å². The Hall–Kier alpha value is -1.36. The molecule has 0 aliphatic carbocycles. The number of benzene rings is 2. The summed E-state index contributed by atoms with van der Waals surface area (Å²) in [5.41, 5.74) is 6.60. The van der Waals surface area contributed by atoms with Crippen LogP contribution in [0, 0.1) is 6.92 Å². The summed E-state index contributed by atoms with van der Waals surface area (Å²) >= 11 is 3.51. The molecule has 0 saturated carbocycles. The van der Waals surface area contributed by atoms with E-state index in [1.165, 1.54) is 11.1 Å². The first kappa shape index (κ1) is 15.0. The van der Waals surface area contributed by atoms with Gasteiger partial charge in [0.1, 0.15) is 5.75 Å². The fraction of sp³-hybridized carbons (Fsp3) is 0.250. The first-order chi connectivity index (χ1) is 9.65. The number of hydrazine groups is 1. The van der Waals surface area contributed by atoms with Gasteiger partial charge >= 0.3 is 0 Å². The van der Waals surface area contributed by atoms with Gasteiger partial charge in [-0.15, -0.1) is 0 Å². The van der Waals surface area contributed by atoms with Crippen LogP contribution in [-0.2, 0) is 6.42 Å². The number of ether oxygens (including phenoxy) is 1. The summed E-state index contributed by atoms with van der Waals surface area (Å²) in [6.45, 7) is 2.12. The molecule has 3 N–H and O–H groups in total. The van der Waals surface area contributed by atoms with Crippen molar-refractivity contribution in [1.82, 2.24) is 5.43 Å². The highest BCUT2D eigenvalue weighted by Crippen LogP contribution is 2.29. The third-order valence-corrected chi connectivity index (χ3v) is 4.08. The van der Waals surface area contributed by atoms with E-state index in [9.17, 15) is 0 Å². The Morgan fingerprint density at radius 2 is 2.00 bits per heavy atom. The van der Waals surface area contributed by atoms with Crippen LogP contribution in [0.25, 0.3) is 0 Å². The van der Waals surface area contributed by atoms with Crippen LogP contribution in [0.1, 0.15) is 22.7 Å².